The van der Waals surface area contributed by atoms with E-state index in [9.17, 15) is 14.4 Å². The van der Waals surface area contributed by atoms with E-state index in [0.717, 1.165) is 0 Å². The van der Waals surface area contributed by atoms with E-state index in [-0.39, 0.29) is 38.2 Å². The van der Waals surface area contributed by atoms with Crippen molar-refractivity contribution in [3.05, 3.63) is 0 Å². The Bertz CT molecular complexity index is 232. The van der Waals surface area contributed by atoms with Gasteiger partial charge in [-0.2, -0.15) is 0 Å². The highest BCUT2D eigenvalue weighted by Crippen LogP contribution is 1.90. The number of rotatable bonds is 9. The van der Waals surface area contributed by atoms with Crippen molar-refractivity contribution in [1.29, 1.82) is 0 Å². The average Bonchev–Trinajstić information content (AvgIpc) is 2.36. The molecule has 0 N–H and O–H groups in total. The van der Waals surface area contributed by atoms with E-state index in [4.69, 9.17) is 9.47 Å². The summed E-state index contributed by atoms with van der Waals surface area (Å²) in [7, 11) is 0. The van der Waals surface area contributed by atoms with Crippen molar-refractivity contribution in [3.8, 4) is 0 Å². The summed E-state index contributed by atoms with van der Waals surface area (Å²) < 4.78 is 9.61. The largest absolute Gasteiger partial charge is 0.464 e. The standard InChI is InChI=1S/C11H18NO5/c1-3-10(14)16-7-5-12(9-13)6-8-17-11(15)4-2/h3-8H2,1-2H3. The molecule has 0 heterocycles. The Kier molecular flexibility index (Phi) is 8.72. The van der Waals surface area contributed by atoms with Crippen LogP contribution in [0.5, 0.6) is 0 Å². The first-order chi connectivity index (χ1) is 8.13. The number of hydrogen-bond donors (Lipinski definition) is 0. The molecule has 0 bridgehead atoms. The van der Waals surface area contributed by atoms with Crippen molar-refractivity contribution in [2.24, 2.45) is 0 Å². The summed E-state index contributed by atoms with van der Waals surface area (Å²) in [5.74, 6) is -0.624. The zero-order valence-electron chi connectivity index (χ0n) is 10.2. The van der Waals surface area contributed by atoms with Crippen LogP contribution in [-0.4, -0.2) is 49.6 Å². The molecule has 0 aliphatic rings. The maximum Gasteiger partial charge on any atom is 0.312 e. The van der Waals surface area contributed by atoms with Crippen LogP contribution in [0.2, 0.25) is 0 Å². The van der Waals surface area contributed by atoms with Gasteiger partial charge in [-0.05, 0) is 0 Å². The summed E-state index contributed by atoms with van der Waals surface area (Å²) in [4.78, 5) is 33.4. The third-order valence-electron chi connectivity index (χ3n) is 1.95. The molecule has 0 aromatic heterocycles. The fourth-order valence-corrected chi connectivity index (χ4v) is 0.947. The molecule has 0 aromatic carbocycles. The lowest BCUT2D eigenvalue weighted by Crippen LogP contribution is -2.30. The molecule has 6 nitrogen and oxygen atoms in total. The summed E-state index contributed by atoms with van der Waals surface area (Å²) in [5, 5.41) is 0. The summed E-state index contributed by atoms with van der Waals surface area (Å²) in [6.45, 7) is 4.14. The molecule has 0 spiro atoms. The predicted octanol–water partition coefficient (Wildman–Crippen LogP) is 0.262. The highest BCUT2D eigenvalue weighted by atomic mass is 16.5. The van der Waals surface area contributed by atoms with Crippen LogP contribution in [0.25, 0.3) is 0 Å². The first-order valence-corrected chi connectivity index (χ1v) is 5.58. The van der Waals surface area contributed by atoms with Crippen molar-refractivity contribution >= 4 is 18.3 Å². The number of ether oxygens (including phenoxy) is 2. The molecule has 1 radical (unpaired) electrons. The molecule has 0 aliphatic carbocycles. The second-order valence-electron chi connectivity index (χ2n) is 3.23. The highest BCUT2D eigenvalue weighted by molar-refractivity contribution is 5.69. The smallest absolute Gasteiger partial charge is 0.312 e. The van der Waals surface area contributed by atoms with Gasteiger partial charge in [0.15, 0.2) is 0 Å². The van der Waals surface area contributed by atoms with Crippen LogP contribution in [0.15, 0.2) is 0 Å². The fourth-order valence-electron chi connectivity index (χ4n) is 0.947. The maximum atomic E-state index is 10.8. The van der Waals surface area contributed by atoms with Crippen LogP contribution in [-0.2, 0) is 23.9 Å². The molecule has 0 saturated carbocycles. The van der Waals surface area contributed by atoms with Crippen LogP contribution in [0, 0.1) is 0 Å². The number of carbonyl (C=O) groups is 2. The van der Waals surface area contributed by atoms with Crippen LogP contribution in [0.1, 0.15) is 26.7 Å². The molecular weight excluding hydrogens is 226 g/mol. The third kappa shape index (κ3) is 8.24. The van der Waals surface area contributed by atoms with E-state index in [0.29, 0.717) is 12.8 Å². The lowest BCUT2D eigenvalue weighted by molar-refractivity contribution is -0.143. The molecule has 1 amide bonds. The van der Waals surface area contributed by atoms with E-state index in [1.807, 2.05) is 0 Å². The molecule has 0 fully saturated rings. The molecule has 97 valence electrons. The number of carbonyl (C=O) groups excluding carboxylic acids is 3. The summed E-state index contributed by atoms with van der Waals surface area (Å²) in [5.41, 5.74) is 0. The van der Waals surface area contributed by atoms with E-state index in [1.165, 1.54) is 4.90 Å². The highest BCUT2D eigenvalue weighted by Gasteiger charge is 2.06. The maximum absolute atomic E-state index is 10.8. The molecule has 0 saturated heterocycles. The van der Waals surface area contributed by atoms with Gasteiger partial charge in [-0.15, -0.1) is 0 Å². The third-order valence-corrected chi connectivity index (χ3v) is 1.95. The zero-order chi connectivity index (χ0) is 13.1. The van der Waals surface area contributed by atoms with E-state index in [2.05, 4.69) is 0 Å². The topological polar surface area (TPSA) is 72.9 Å². The van der Waals surface area contributed by atoms with Crippen LogP contribution in [0.3, 0.4) is 0 Å². The van der Waals surface area contributed by atoms with Crippen molar-refractivity contribution in [3.63, 3.8) is 0 Å². The Balaban J connectivity index is 3.66. The van der Waals surface area contributed by atoms with Crippen molar-refractivity contribution < 1.29 is 23.9 Å². The predicted molar refractivity (Wildman–Crippen MR) is 59.8 cm³/mol. The summed E-state index contributed by atoms with van der Waals surface area (Å²) in [6, 6.07) is 0. The minimum absolute atomic E-state index is 0.129. The Hall–Kier alpha value is -1.59. The van der Waals surface area contributed by atoms with Gasteiger partial charge in [0.25, 0.3) is 0 Å². The van der Waals surface area contributed by atoms with Gasteiger partial charge in [-0.25, -0.2) is 0 Å². The van der Waals surface area contributed by atoms with E-state index < -0.39 is 0 Å². The minimum Gasteiger partial charge on any atom is -0.464 e. The molecule has 17 heavy (non-hydrogen) atoms. The molecular formula is C11H18NO5. The molecule has 0 atom stereocenters. The van der Waals surface area contributed by atoms with Crippen molar-refractivity contribution in [2.75, 3.05) is 26.3 Å². The van der Waals surface area contributed by atoms with Gasteiger partial charge in [0.05, 0.1) is 13.1 Å². The Labute approximate surface area is 101 Å². The SMILES string of the molecule is CCC(=O)OCCN([C]=O)CCOC(=O)CC. The fraction of sp³-hybridized carbons (Fsp3) is 0.727. The number of nitrogens with zero attached hydrogens (tertiary/aromatic N) is 1. The zero-order valence-corrected chi connectivity index (χ0v) is 10.2. The molecule has 0 unspecified atom stereocenters. The van der Waals surface area contributed by atoms with E-state index in [1.54, 1.807) is 20.3 Å². The normalized spacial score (nSPS) is 9.53. The van der Waals surface area contributed by atoms with Crippen LogP contribution < -0.4 is 0 Å². The second-order valence-corrected chi connectivity index (χ2v) is 3.23. The number of esters is 2. The molecule has 0 rings (SSSR count). The van der Waals surface area contributed by atoms with Gasteiger partial charge < -0.3 is 14.4 Å². The van der Waals surface area contributed by atoms with Gasteiger partial charge in [-0.3, -0.25) is 14.4 Å². The molecule has 6 heteroatoms. The Morgan fingerprint density at radius 3 is 1.71 bits per heavy atom. The average molecular weight is 244 g/mol. The molecule has 0 aromatic rings. The van der Waals surface area contributed by atoms with Gasteiger partial charge in [-0.1, -0.05) is 13.8 Å². The Morgan fingerprint density at radius 2 is 1.41 bits per heavy atom. The molecule has 0 aliphatic heterocycles. The lowest BCUT2D eigenvalue weighted by atomic mass is 10.5. The number of hydrogen-bond acceptors (Lipinski definition) is 5. The lowest BCUT2D eigenvalue weighted by Gasteiger charge is -2.15. The summed E-state index contributed by atoms with van der Waals surface area (Å²) in [6.07, 6.45) is 2.30. The van der Waals surface area contributed by atoms with Crippen molar-refractivity contribution in [2.45, 2.75) is 26.7 Å². The first kappa shape index (κ1) is 15.4. The van der Waals surface area contributed by atoms with Crippen LogP contribution >= 0.6 is 0 Å². The summed E-state index contributed by atoms with van der Waals surface area (Å²) >= 11 is 0. The van der Waals surface area contributed by atoms with Crippen molar-refractivity contribution in [1.82, 2.24) is 4.90 Å². The second kappa shape index (κ2) is 9.62. The minimum atomic E-state index is -0.312. The Morgan fingerprint density at radius 1 is 1.00 bits per heavy atom. The van der Waals surface area contributed by atoms with Gasteiger partial charge in [0.1, 0.15) is 13.2 Å². The first-order valence-electron chi connectivity index (χ1n) is 5.58. The van der Waals surface area contributed by atoms with Gasteiger partial charge in [0, 0.05) is 12.8 Å². The number of amides is 1. The monoisotopic (exact) mass is 244 g/mol. The van der Waals surface area contributed by atoms with Crippen LogP contribution in [0.4, 0.5) is 0 Å². The van der Waals surface area contributed by atoms with Gasteiger partial charge in [0.2, 0.25) is 0 Å². The van der Waals surface area contributed by atoms with E-state index >= 15 is 0 Å². The van der Waals surface area contributed by atoms with Gasteiger partial charge >= 0.3 is 18.3 Å². The quantitative estimate of drug-likeness (QED) is 0.430.